The smallest absolute Gasteiger partial charge is 0.255 e. The number of piperidine rings is 1. The van der Waals surface area contributed by atoms with Gasteiger partial charge in [-0.15, -0.1) is 0 Å². The van der Waals surface area contributed by atoms with E-state index in [9.17, 15) is 14.4 Å². The molecule has 1 aromatic heterocycles. The van der Waals surface area contributed by atoms with Gasteiger partial charge in [-0.25, -0.2) is 0 Å². The first kappa shape index (κ1) is 18.4. The molecule has 4 rings (SSSR count). The number of nitrogens with zero attached hydrogens (tertiary/aromatic N) is 2. The van der Waals surface area contributed by atoms with Crippen LogP contribution in [0.2, 0.25) is 0 Å². The number of hydrogen-bond donors (Lipinski definition) is 2. The zero-order valence-corrected chi connectivity index (χ0v) is 15.6. The van der Waals surface area contributed by atoms with E-state index in [1.807, 2.05) is 0 Å². The zero-order valence-electron chi connectivity index (χ0n) is 15.6. The van der Waals surface area contributed by atoms with Gasteiger partial charge in [0.2, 0.25) is 11.8 Å². The van der Waals surface area contributed by atoms with E-state index in [1.165, 1.54) is 10.6 Å². The third kappa shape index (κ3) is 3.84. The van der Waals surface area contributed by atoms with E-state index in [0.717, 1.165) is 18.5 Å². The van der Waals surface area contributed by atoms with Gasteiger partial charge in [0.05, 0.1) is 5.92 Å². The maximum Gasteiger partial charge on any atom is 0.255 e. The standard InChI is InChI=1S/C21H24N4O3/c22-18-13-24(21(28)14-4-5-14)12-10-17(18)20(27)23-15-6-8-16(9-7-15)25-11-2-1-3-19(25)26/h1-3,6-9,11,14,17-18H,4-5,10,12-13,22H2,(H,23,27). The molecule has 2 fully saturated rings. The highest BCUT2D eigenvalue weighted by Gasteiger charge is 2.38. The first-order valence-electron chi connectivity index (χ1n) is 9.66. The third-order valence-corrected chi connectivity index (χ3v) is 5.47. The van der Waals surface area contributed by atoms with Crippen LogP contribution >= 0.6 is 0 Å². The number of nitrogens with two attached hydrogens (primary N) is 1. The summed E-state index contributed by atoms with van der Waals surface area (Å²) >= 11 is 0. The Morgan fingerprint density at radius 3 is 2.43 bits per heavy atom. The second kappa shape index (κ2) is 7.59. The Bertz CT molecular complexity index is 933. The first-order valence-corrected chi connectivity index (χ1v) is 9.66. The minimum Gasteiger partial charge on any atom is -0.341 e. The fourth-order valence-corrected chi connectivity index (χ4v) is 3.68. The quantitative estimate of drug-likeness (QED) is 0.837. The Morgan fingerprint density at radius 1 is 1.04 bits per heavy atom. The number of carbonyl (C=O) groups excluding carboxylic acids is 2. The van der Waals surface area contributed by atoms with Gasteiger partial charge in [0.25, 0.3) is 5.56 Å². The molecule has 7 nitrogen and oxygen atoms in total. The summed E-state index contributed by atoms with van der Waals surface area (Å²) in [6, 6.07) is 11.7. The van der Waals surface area contributed by atoms with Gasteiger partial charge in [-0.3, -0.25) is 19.0 Å². The van der Waals surface area contributed by atoms with Crippen molar-refractivity contribution in [2.45, 2.75) is 25.3 Å². The number of aromatic nitrogens is 1. The van der Waals surface area contributed by atoms with Crippen molar-refractivity contribution in [3.63, 3.8) is 0 Å². The van der Waals surface area contributed by atoms with Crippen LogP contribution in [0.4, 0.5) is 5.69 Å². The molecule has 1 aromatic carbocycles. The molecule has 1 aliphatic carbocycles. The van der Waals surface area contributed by atoms with Crippen LogP contribution in [-0.2, 0) is 9.59 Å². The molecular weight excluding hydrogens is 356 g/mol. The summed E-state index contributed by atoms with van der Waals surface area (Å²) in [5, 5.41) is 2.90. The Labute approximate surface area is 163 Å². The lowest BCUT2D eigenvalue weighted by Crippen LogP contribution is -2.54. The Kier molecular flexibility index (Phi) is 5.00. The SMILES string of the molecule is NC1CN(C(=O)C2CC2)CCC1C(=O)Nc1ccc(-n2ccccc2=O)cc1. The molecule has 28 heavy (non-hydrogen) atoms. The number of amides is 2. The molecule has 0 radical (unpaired) electrons. The number of nitrogens with one attached hydrogen (secondary N) is 1. The summed E-state index contributed by atoms with van der Waals surface area (Å²) in [6.45, 7) is 1.01. The summed E-state index contributed by atoms with van der Waals surface area (Å²) in [4.78, 5) is 38.6. The summed E-state index contributed by atoms with van der Waals surface area (Å²) < 4.78 is 1.54. The van der Waals surface area contributed by atoms with E-state index < -0.39 is 0 Å². The maximum atomic E-state index is 12.7. The van der Waals surface area contributed by atoms with Crippen molar-refractivity contribution in [1.82, 2.24) is 9.47 Å². The van der Waals surface area contributed by atoms with Gasteiger partial charge in [0, 0.05) is 48.7 Å². The molecule has 2 aliphatic rings. The van der Waals surface area contributed by atoms with Crippen molar-refractivity contribution in [1.29, 1.82) is 0 Å². The highest BCUT2D eigenvalue weighted by molar-refractivity contribution is 5.93. The number of anilines is 1. The summed E-state index contributed by atoms with van der Waals surface area (Å²) in [6.07, 6.45) is 4.22. The van der Waals surface area contributed by atoms with Crippen LogP contribution in [0.15, 0.2) is 53.5 Å². The predicted octanol–water partition coefficient (Wildman–Crippen LogP) is 1.36. The van der Waals surface area contributed by atoms with Crippen molar-refractivity contribution >= 4 is 17.5 Å². The van der Waals surface area contributed by atoms with Crippen LogP contribution in [0.25, 0.3) is 5.69 Å². The fraction of sp³-hybridized carbons (Fsp3) is 0.381. The van der Waals surface area contributed by atoms with Crippen LogP contribution < -0.4 is 16.6 Å². The highest BCUT2D eigenvalue weighted by Crippen LogP contribution is 2.32. The minimum absolute atomic E-state index is 0.113. The van der Waals surface area contributed by atoms with E-state index in [0.29, 0.717) is 25.2 Å². The second-order valence-corrected chi connectivity index (χ2v) is 7.56. The fourth-order valence-electron chi connectivity index (χ4n) is 3.68. The number of pyridine rings is 1. The third-order valence-electron chi connectivity index (χ3n) is 5.47. The van der Waals surface area contributed by atoms with Crippen LogP contribution in [-0.4, -0.2) is 40.4 Å². The molecule has 2 unspecified atom stereocenters. The lowest BCUT2D eigenvalue weighted by Gasteiger charge is -2.36. The summed E-state index contributed by atoms with van der Waals surface area (Å²) in [7, 11) is 0. The van der Waals surface area contributed by atoms with E-state index in [2.05, 4.69) is 5.32 Å². The number of likely N-dealkylation sites (tertiary alicyclic amines) is 1. The molecule has 2 atom stereocenters. The number of benzene rings is 1. The molecule has 1 saturated heterocycles. The zero-order chi connectivity index (χ0) is 19.7. The van der Waals surface area contributed by atoms with Crippen molar-refractivity contribution in [2.24, 2.45) is 17.6 Å². The van der Waals surface area contributed by atoms with Gasteiger partial charge in [-0.05, 0) is 49.6 Å². The predicted molar refractivity (Wildman–Crippen MR) is 106 cm³/mol. The second-order valence-electron chi connectivity index (χ2n) is 7.56. The number of rotatable bonds is 4. The molecule has 146 valence electrons. The largest absolute Gasteiger partial charge is 0.341 e. The Hall–Kier alpha value is -2.93. The minimum atomic E-state index is -0.362. The van der Waals surface area contributed by atoms with Crippen LogP contribution in [0.3, 0.4) is 0 Å². The highest BCUT2D eigenvalue weighted by atomic mass is 16.2. The van der Waals surface area contributed by atoms with Crippen LogP contribution in [0, 0.1) is 11.8 Å². The molecule has 0 bridgehead atoms. The summed E-state index contributed by atoms with van der Waals surface area (Å²) in [5.74, 6) is -0.0930. The van der Waals surface area contributed by atoms with Gasteiger partial charge in [0.15, 0.2) is 0 Å². The average molecular weight is 380 g/mol. The molecule has 2 aromatic rings. The molecule has 2 amide bonds. The van der Waals surface area contributed by atoms with Crippen molar-refractivity contribution in [2.75, 3.05) is 18.4 Å². The molecule has 3 N–H and O–H groups in total. The van der Waals surface area contributed by atoms with E-state index in [4.69, 9.17) is 5.73 Å². The molecule has 7 heteroatoms. The molecule has 1 aliphatic heterocycles. The lowest BCUT2D eigenvalue weighted by molar-refractivity contribution is -0.136. The van der Waals surface area contributed by atoms with E-state index in [1.54, 1.807) is 47.5 Å². The van der Waals surface area contributed by atoms with E-state index >= 15 is 0 Å². The van der Waals surface area contributed by atoms with Gasteiger partial charge in [-0.2, -0.15) is 0 Å². The van der Waals surface area contributed by atoms with Crippen molar-refractivity contribution < 1.29 is 9.59 Å². The average Bonchev–Trinajstić information content (AvgIpc) is 3.53. The maximum absolute atomic E-state index is 12.7. The topological polar surface area (TPSA) is 97.4 Å². The molecule has 1 saturated carbocycles. The van der Waals surface area contributed by atoms with Gasteiger partial charge in [-0.1, -0.05) is 6.07 Å². The van der Waals surface area contributed by atoms with Gasteiger partial charge >= 0.3 is 0 Å². The Balaban J connectivity index is 1.38. The molecular formula is C21H24N4O3. The van der Waals surface area contributed by atoms with Gasteiger partial charge in [0.1, 0.15) is 0 Å². The number of hydrogen-bond acceptors (Lipinski definition) is 4. The molecule has 0 spiro atoms. The van der Waals surface area contributed by atoms with Crippen molar-refractivity contribution in [3.8, 4) is 5.69 Å². The monoisotopic (exact) mass is 380 g/mol. The Morgan fingerprint density at radius 2 is 1.79 bits per heavy atom. The van der Waals surface area contributed by atoms with Crippen LogP contribution in [0.5, 0.6) is 0 Å². The van der Waals surface area contributed by atoms with Crippen LogP contribution in [0.1, 0.15) is 19.3 Å². The van der Waals surface area contributed by atoms with Crippen molar-refractivity contribution in [3.05, 3.63) is 59.0 Å². The number of carbonyl (C=O) groups is 2. The van der Waals surface area contributed by atoms with Gasteiger partial charge < -0.3 is 16.0 Å². The summed E-state index contributed by atoms with van der Waals surface area (Å²) in [5.41, 5.74) is 7.48. The first-order chi connectivity index (χ1) is 13.5. The van der Waals surface area contributed by atoms with E-state index in [-0.39, 0.29) is 35.3 Å². The molecule has 2 heterocycles. The normalized spacial score (nSPS) is 22.0. The lowest BCUT2D eigenvalue weighted by atomic mass is 9.91.